The second-order valence-corrected chi connectivity index (χ2v) is 4.00. The maximum Gasteiger partial charge on any atom is 0.231 e. The van der Waals surface area contributed by atoms with Crippen LogP contribution in [0, 0.1) is 5.41 Å². The third-order valence-corrected chi connectivity index (χ3v) is 2.53. The van der Waals surface area contributed by atoms with Crippen LogP contribution in [0.5, 0.6) is 5.75 Å². The number of benzene rings is 2. The molecule has 0 aliphatic heterocycles. The molecule has 5 nitrogen and oxygen atoms in total. The lowest BCUT2D eigenvalue weighted by molar-refractivity contribution is -0.119. The predicted octanol–water partition coefficient (Wildman–Crippen LogP) is 1.52. The summed E-state index contributed by atoms with van der Waals surface area (Å²) >= 11 is 0. The van der Waals surface area contributed by atoms with E-state index in [9.17, 15) is 9.90 Å². The maximum absolute atomic E-state index is 11.4. The number of nitrogens with one attached hydrogen (secondary N) is 2. The molecule has 2 aromatic carbocycles. The molecule has 2 aromatic rings. The Morgan fingerprint density at radius 1 is 1.21 bits per heavy atom. The minimum Gasteiger partial charge on any atom is -0.508 e. The summed E-state index contributed by atoms with van der Waals surface area (Å²) in [6, 6.07) is 10.6. The lowest BCUT2D eigenvalue weighted by Gasteiger charge is -2.05. The predicted molar refractivity (Wildman–Crippen MR) is 76.6 cm³/mol. The first-order valence-electron chi connectivity index (χ1n) is 5.40. The van der Waals surface area contributed by atoms with Gasteiger partial charge in [-0.3, -0.25) is 15.5 Å². The smallest absolute Gasteiger partial charge is 0.231 e. The second kappa shape index (κ2) is 6.06. The number of hydrogen-bond donors (Lipinski definition) is 4. The quantitative estimate of drug-likeness (QED) is 0.495. The van der Waals surface area contributed by atoms with Gasteiger partial charge in [-0.15, -0.1) is 12.4 Å². The van der Waals surface area contributed by atoms with Crippen LogP contribution in [0.2, 0.25) is 0 Å². The van der Waals surface area contributed by atoms with Gasteiger partial charge in [0, 0.05) is 0 Å². The number of carbonyl (C=O) groups is 1. The van der Waals surface area contributed by atoms with E-state index in [-0.39, 0.29) is 36.4 Å². The topological polar surface area (TPSA) is 99.2 Å². The number of nitrogens with two attached hydrogens (primary N) is 1. The Morgan fingerprint density at radius 3 is 2.53 bits per heavy atom. The average molecular weight is 280 g/mol. The Kier molecular flexibility index (Phi) is 4.72. The van der Waals surface area contributed by atoms with E-state index >= 15 is 0 Å². The number of halogens is 1. The van der Waals surface area contributed by atoms with E-state index in [0.29, 0.717) is 0 Å². The van der Waals surface area contributed by atoms with Crippen molar-refractivity contribution in [2.24, 2.45) is 5.73 Å². The minimum atomic E-state index is -0.356. The molecule has 0 aliphatic carbocycles. The van der Waals surface area contributed by atoms with Crippen LogP contribution in [-0.4, -0.2) is 17.0 Å². The van der Waals surface area contributed by atoms with Crippen molar-refractivity contribution < 1.29 is 9.90 Å². The molecule has 5 N–H and O–H groups in total. The van der Waals surface area contributed by atoms with Crippen LogP contribution >= 0.6 is 12.4 Å². The zero-order valence-corrected chi connectivity index (χ0v) is 10.8. The Hall–Kier alpha value is -2.27. The molecule has 1 amide bonds. The fourth-order valence-corrected chi connectivity index (χ4v) is 1.77. The molecule has 0 saturated heterocycles. The minimum absolute atomic E-state index is 0. The summed E-state index contributed by atoms with van der Waals surface area (Å²) in [5.74, 6) is -0.462. The van der Waals surface area contributed by atoms with Gasteiger partial charge in [-0.05, 0) is 28.5 Å². The van der Waals surface area contributed by atoms with Gasteiger partial charge >= 0.3 is 0 Å². The zero-order chi connectivity index (χ0) is 13.1. The Morgan fingerprint density at radius 2 is 1.84 bits per heavy atom. The second-order valence-electron chi connectivity index (χ2n) is 4.00. The molecular formula is C13H14ClN3O2. The lowest BCUT2D eigenvalue weighted by atomic mass is 10.0. The molecule has 0 heterocycles. The number of phenols is 1. The summed E-state index contributed by atoms with van der Waals surface area (Å²) in [6.45, 7) is 0. The fourth-order valence-electron chi connectivity index (χ4n) is 1.77. The number of fused-ring (bicyclic) bond motifs is 1. The first-order valence-corrected chi connectivity index (χ1v) is 5.40. The molecule has 0 fully saturated rings. The van der Waals surface area contributed by atoms with Crippen LogP contribution in [0.15, 0.2) is 36.4 Å². The van der Waals surface area contributed by atoms with Crippen LogP contribution in [0.3, 0.4) is 0 Å². The van der Waals surface area contributed by atoms with Crippen molar-refractivity contribution in [2.45, 2.75) is 6.42 Å². The van der Waals surface area contributed by atoms with Gasteiger partial charge in [0.15, 0.2) is 5.96 Å². The van der Waals surface area contributed by atoms with E-state index in [2.05, 4.69) is 5.32 Å². The molecule has 0 radical (unpaired) electrons. The molecule has 19 heavy (non-hydrogen) atoms. The normalized spacial score (nSPS) is 9.68. The SMILES string of the molecule is Cl.N=C(N)NC(=O)Cc1ccc2cc(O)ccc2c1. The van der Waals surface area contributed by atoms with Gasteiger partial charge in [0.25, 0.3) is 0 Å². The lowest BCUT2D eigenvalue weighted by Crippen LogP contribution is -2.36. The van der Waals surface area contributed by atoms with E-state index in [1.807, 2.05) is 18.2 Å². The Balaban J connectivity index is 0.00000180. The summed E-state index contributed by atoms with van der Waals surface area (Å²) in [5, 5.41) is 20.4. The van der Waals surface area contributed by atoms with Gasteiger partial charge in [0.05, 0.1) is 6.42 Å². The molecule has 6 heteroatoms. The highest BCUT2D eigenvalue weighted by molar-refractivity contribution is 5.96. The van der Waals surface area contributed by atoms with Gasteiger partial charge < -0.3 is 10.8 Å². The molecule has 0 spiro atoms. The van der Waals surface area contributed by atoms with Crippen molar-refractivity contribution >= 4 is 35.0 Å². The molecule has 2 rings (SSSR count). The summed E-state index contributed by atoms with van der Waals surface area (Å²) in [7, 11) is 0. The number of phenolic OH excluding ortho intramolecular Hbond substituents is 1. The van der Waals surface area contributed by atoms with Gasteiger partial charge in [-0.25, -0.2) is 0 Å². The largest absolute Gasteiger partial charge is 0.508 e. The van der Waals surface area contributed by atoms with E-state index in [1.165, 1.54) is 0 Å². The van der Waals surface area contributed by atoms with Crippen molar-refractivity contribution in [2.75, 3.05) is 0 Å². The number of hydrogen-bond acceptors (Lipinski definition) is 3. The summed E-state index contributed by atoms with van der Waals surface area (Å²) in [4.78, 5) is 11.4. The van der Waals surface area contributed by atoms with Gasteiger partial charge in [-0.2, -0.15) is 0 Å². The van der Waals surface area contributed by atoms with Crippen LogP contribution in [0.1, 0.15) is 5.56 Å². The van der Waals surface area contributed by atoms with Crippen molar-refractivity contribution in [3.05, 3.63) is 42.0 Å². The van der Waals surface area contributed by atoms with Crippen molar-refractivity contribution in [3.63, 3.8) is 0 Å². The first kappa shape index (κ1) is 14.8. The van der Waals surface area contributed by atoms with Crippen molar-refractivity contribution in [3.8, 4) is 5.75 Å². The molecule has 0 aromatic heterocycles. The number of guanidine groups is 1. The van der Waals surface area contributed by atoms with Crippen molar-refractivity contribution in [1.82, 2.24) is 5.32 Å². The summed E-state index contributed by atoms with van der Waals surface area (Å²) in [6.07, 6.45) is 0.163. The highest BCUT2D eigenvalue weighted by atomic mass is 35.5. The number of aromatic hydroxyl groups is 1. The standard InChI is InChI=1S/C13H13N3O2.ClH/c14-13(15)16-12(18)6-8-1-2-10-7-11(17)4-3-9(10)5-8;/h1-5,7,17H,6H2,(H4,14,15,16,18);1H. The van der Waals surface area contributed by atoms with Crippen molar-refractivity contribution in [1.29, 1.82) is 5.41 Å². The van der Waals surface area contributed by atoms with E-state index < -0.39 is 0 Å². The first-order chi connectivity index (χ1) is 8.54. The number of rotatable bonds is 2. The highest BCUT2D eigenvalue weighted by Crippen LogP contribution is 2.21. The highest BCUT2D eigenvalue weighted by Gasteiger charge is 2.05. The van der Waals surface area contributed by atoms with Crippen LogP contribution in [0.25, 0.3) is 10.8 Å². The van der Waals surface area contributed by atoms with Gasteiger partial charge in [0.1, 0.15) is 5.75 Å². The van der Waals surface area contributed by atoms with Crippen LogP contribution in [0.4, 0.5) is 0 Å². The molecule has 0 unspecified atom stereocenters. The van der Waals surface area contributed by atoms with Crippen LogP contribution < -0.4 is 11.1 Å². The summed E-state index contributed by atoms with van der Waals surface area (Å²) < 4.78 is 0. The zero-order valence-electron chi connectivity index (χ0n) is 10.0. The third kappa shape index (κ3) is 3.86. The average Bonchev–Trinajstić information content (AvgIpc) is 2.28. The van der Waals surface area contributed by atoms with Gasteiger partial charge in [-0.1, -0.05) is 24.3 Å². The molecule has 100 valence electrons. The third-order valence-electron chi connectivity index (χ3n) is 2.53. The Bertz CT molecular complexity index is 628. The van der Waals surface area contributed by atoms with E-state index in [4.69, 9.17) is 11.1 Å². The molecular weight excluding hydrogens is 266 g/mol. The molecule has 0 atom stereocenters. The van der Waals surface area contributed by atoms with E-state index in [1.54, 1.807) is 18.2 Å². The number of amides is 1. The fraction of sp³-hybridized carbons (Fsp3) is 0.0769. The van der Waals surface area contributed by atoms with E-state index in [0.717, 1.165) is 16.3 Å². The van der Waals surface area contributed by atoms with Gasteiger partial charge in [0.2, 0.25) is 5.91 Å². The summed E-state index contributed by atoms with van der Waals surface area (Å²) in [5.41, 5.74) is 5.90. The Labute approximate surface area is 116 Å². The molecule has 0 aliphatic rings. The monoisotopic (exact) mass is 279 g/mol. The number of carbonyl (C=O) groups excluding carboxylic acids is 1. The molecule has 0 saturated carbocycles. The molecule has 0 bridgehead atoms. The van der Waals surface area contributed by atoms with Crippen LogP contribution in [-0.2, 0) is 11.2 Å². The maximum atomic E-state index is 11.4.